The summed E-state index contributed by atoms with van der Waals surface area (Å²) in [5, 5.41) is 0. The van der Waals surface area contributed by atoms with E-state index in [1.165, 1.54) is 0 Å². The van der Waals surface area contributed by atoms with Crippen LogP contribution in [0.1, 0.15) is 31.4 Å². The molecule has 0 fully saturated rings. The molecule has 1 unspecified atom stereocenters. The van der Waals surface area contributed by atoms with E-state index in [1.54, 1.807) is 32.1 Å². The van der Waals surface area contributed by atoms with Gasteiger partial charge in [0.1, 0.15) is 6.04 Å². The highest BCUT2D eigenvalue weighted by atomic mass is 16.5. The summed E-state index contributed by atoms with van der Waals surface area (Å²) in [6.45, 7) is 4.28. The fourth-order valence-corrected chi connectivity index (χ4v) is 3.52. The number of methoxy groups -OCH3 is 2. The molecule has 0 radical (unpaired) electrons. The van der Waals surface area contributed by atoms with Crippen molar-refractivity contribution in [1.82, 2.24) is 0 Å². The molecule has 0 N–H and O–H groups in total. The molecule has 1 aliphatic rings. The van der Waals surface area contributed by atoms with Crippen LogP contribution >= 0.6 is 0 Å². The lowest BCUT2D eigenvalue weighted by Crippen LogP contribution is -2.39. The van der Waals surface area contributed by atoms with Crippen molar-refractivity contribution < 1.29 is 23.8 Å². The molecule has 0 saturated carbocycles. The largest absolute Gasteiger partial charge is 0.493 e. The van der Waals surface area contributed by atoms with Gasteiger partial charge in [0.15, 0.2) is 11.5 Å². The normalized spacial score (nSPS) is 15.7. The Bertz CT molecular complexity index is 956. The summed E-state index contributed by atoms with van der Waals surface area (Å²) in [5.74, 6) is 0.333. The first kappa shape index (κ1) is 21.4. The van der Waals surface area contributed by atoms with E-state index in [0.717, 1.165) is 11.1 Å². The van der Waals surface area contributed by atoms with Crippen LogP contribution in [0.25, 0.3) is 0 Å². The lowest BCUT2D eigenvalue weighted by molar-refractivity contribution is -0.144. The molecule has 0 bridgehead atoms. The molecule has 0 spiro atoms. The van der Waals surface area contributed by atoms with Gasteiger partial charge in [-0.25, -0.2) is 0 Å². The molecule has 7 nitrogen and oxygen atoms in total. The van der Waals surface area contributed by atoms with Gasteiger partial charge in [-0.1, -0.05) is 30.3 Å². The van der Waals surface area contributed by atoms with Crippen LogP contribution in [-0.4, -0.2) is 51.0 Å². The van der Waals surface area contributed by atoms with Gasteiger partial charge in [-0.2, -0.15) is 0 Å². The number of amides is 1. The van der Waals surface area contributed by atoms with Gasteiger partial charge in [0.25, 0.3) is 5.91 Å². The van der Waals surface area contributed by atoms with Crippen molar-refractivity contribution in [3.63, 3.8) is 0 Å². The minimum atomic E-state index is -0.886. The van der Waals surface area contributed by atoms with Crippen LogP contribution in [0.3, 0.4) is 0 Å². The third-order valence-corrected chi connectivity index (χ3v) is 4.91. The van der Waals surface area contributed by atoms with Gasteiger partial charge in [0, 0.05) is 23.7 Å². The van der Waals surface area contributed by atoms with Gasteiger partial charge in [-0.05, 0) is 19.9 Å². The van der Waals surface area contributed by atoms with Crippen molar-refractivity contribution in [2.75, 3.05) is 32.3 Å². The third kappa shape index (κ3) is 4.15. The van der Waals surface area contributed by atoms with E-state index in [2.05, 4.69) is 0 Å². The van der Waals surface area contributed by atoms with Crippen LogP contribution in [0.15, 0.2) is 47.5 Å². The lowest BCUT2D eigenvalue weighted by atomic mass is 9.99. The van der Waals surface area contributed by atoms with Crippen molar-refractivity contribution in [2.24, 2.45) is 4.99 Å². The van der Waals surface area contributed by atoms with E-state index >= 15 is 0 Å². The number of ether oxygens (including phenoxy) is 3. The number of carbonyl (C=O) groups is 2. The van der Waals surface area contributed by atoms with Crippen LogP contribution in [0.4, 0.5) is 5.69 Å². The molecule has 0 saturated heterocycles. The Hall–Kier alpha value is -3.35. The number of anilines is 1. The first-order valence-corrected chi connectivity index (χ1v) is 9.90. The Morgan fingerprint density at radius 1 is 1.07 bits per heavy atom. The zero-order valence-corrected chi connectivity index (χ0v) is 17.7. The summed E-state index contributed by atoms with van der Waals surface area (Å²) in [4.78, 5) is 31.9. The van der Waals surface area contributed by atoms with Crippen LogP contribution in [0, 0.1) is 0 Å². The number of aliphatic imine (C=N–C) groups is 1. The van der Waals surface area contributed by atoms with Gasteiger partial charge >= 0.3 is 5.97 Å². The van der Waals surface area contributed by atoms with Gasteiger partial charge in [0.05, 0.1) is 38.6 Å². The molecule has 7 heteroatoms. The Kier molecular flexibility index (Phi) is 6.72. The van der Waals surface area contributed by atoms with Crippen LogP contribution < -0.4 is 14.4 Å². The van der Waals surface area contributed by atoms with E-state index in [9.17, 15) is 9.59 Å². The zero-order valence-electron chi connectivity index (χ0n) is 17.7. The number of hydrogen-bond donors (Lipinski definition) is 0. The summed E-state index contributed by atoms with van der Waals surface area (Å²) in [6, 6.07) is 12.3. The SMILES string of the molecule is CCOC(=O)CC1N=C(c2ccccc2)c2cc(OC)c(OC)cc2N(CC)C1=O. The molecule has 3 rings (SSSR count). The summed E-state index contributed by atoms with van der Waals surface area (Å²) < 4.78 is 16.0. The molecule has 30 heavy (non-hydrogen) atoms. The number of carbonyl (C=O) groups excluding carboxylic acids is 2. The highest BCUT2D eigenvalue weighted by molar-refractivity contribution is 6.20. The molecule has 1 heterocycles. The third-order valence-electron chi connectivity index (χ3n) is 4.91. The number of benzodiazepines with no additional fused rings is 1. The van der Waals surface area contributed by atoms with Crippen molar-refractivity contribution >= 4 is 23.3 Å². The number of hydrogen-bond acceptors (Lipinski definition) is 6. The van der Waals surface area contributed by atoms with Crippen molar-refractivity contribution in [3.8, 4) is 11.5 Å². The predicted molar refractivity (Wildman–Crippen MR) is 115 cm³/mol. The fraction of sp³-hybridized carbons (Fsp3) is 0.348. The second kappa shape index (κ2) is 9.43. The first-order chi connectivity index (χ1) is 14.5. The van der Waals surface area contributed by atoms with Gasteiger partial charge in [0.2, 0.25) is 0 Å². The molecule has 1 amide bonds. The van der Waals surface area contributed by atoms with Crippen LogP contribution in [-0.2, 0) is 14.3 Å². The molecule has 2 aromatic carbocycles. The van der Waals surface area contributed by atoms with Crippen molar-refractivity contribution in [1.29, 1.82) is 0 Å². The van der Waals surface area contributed by atoms with Gasteiger partial charge in [-0.3, -0.25) is 14.6 Å². The first-order valence-electron chi connectivity index (χ1n) is 9.90. The highest BCUT2D eigenvalue weighted by Gasteiger charge is 2.34. The average Bonchev–Trinajstić information content (AvgIpc) is 2.87. The minimum Gasteiger partial charge on any atom is -0.493 e. The lowest BCUT2D eigenvalue weighted by Gasteiger charge is -2.24. The molecule has 0 aliphatic carbocycles. The van der Waals surface area contributed by atoms with Crippen LogP contribution in [0.5, 0.6) is 11.5 Å². The minimum absolute atomic E-state index is 0.123. The average molecular weight is 410 g/mol. The summed E-state index contributed by atoms with van der Waals surface area (Å²) in [6.07, 6.45) is -0.123. The second-order valence-electron chi connectivity index (χ2n) is 6.68. The number of rotatable bonds is 7. The molecule has 2 aromatic rings. The smallest absolute Gasteiger partial charge is 0.308 e. The maximum Gasteiger partial charge on any atom is 0.308 e. The molecule has 158 valence electrons. The standard InChI is InChI=1S/C23H26N2O5/c1-5-25-18-14-20(29-4)19(28-3)12-16(18)22(15-10-8-7-9-11-15)24-17(23(25)27)13-21(26)30-6-2/h7-12,14,17H,5-6,13H2,1-4H3. The number of nitrogens with zero attached hydrogens (tertiary/aromatic N) is 2. The van der Waals surface area contributed by atoms with Gasteiger partial charge < -0.3 is 19.1 Å². The fourth-order valence-electron chi connectivity index (χ4n) is 3.52. The number of benzene rings is 2. The zero-order chi connectivity index (χ0) is 21.7. The summed E-state index contributed by atoms with van der Waals surface area (Å²) in [7, 11) is 3.11. The van der Waals surface area contributed by atoms with Crippen molar-refractivity contribution in [2.45, 2.75) is 26.3 Å². The van der Waals surface area contributed by atoms with E-state index in [4.69, 9.17) is 19.2 Å². The van der Waals surface area contributed by atoms with E-state index in [-0.39, 0.29) is 18.9 Å². The van der Waals surface area contributed by atoms with E-state index in [0.29, 0.717) is 29.4 Å². The highest BCUT2D eigenvalue weighted by Crippen LogP contribution is 2.38. The predicted octanol–water partition coefficient (Wildman–Crippen LogP) is 3.23. The molecular formula is C23H26N2O5. The molecule has 0 aromatic heterocycles. The quantitative estimate of drug-likeness (QED) is 0.655. The summed E-state index contributed by atoms with van der Waals surface area (Å²) >= 11 is 0. The maximum atomic E-state index is 13.3. The van der Waals surface area contributed by atoms with E-state index < -0.39 is 12.0 Å². The molecule has 1 atom stereocenters. The monoisotopic (exact) mass is 410 g/mol. The molecule has 1 aliphatic heterocycles. The Labute approximate surface area is 176 Å². The maximum absolute atomic E-state index is 13.3. The number of fused-ring (bicyclic) bond motifs is 1. The van der Waals surface area contributed by atoms with Gasteiger partial charge in [-0.15, -0.1) is 0 Å². The second-order valence-corrected chi connectivity index (χ2v) is 6.68. The summed E-state index contributed by atoms with van der Waals surface area (Å²) in [5.41, 5.74) is 2.85. The van der Waals surface area contributed by atoms with Crippen molar-refractivity contribution in [3.05, 3.63) is 53.6 Å². The number of likely N-dealkylation sites (N-methyl/N-ethyl adjacent to an activating group) is 1. The Morgan fingerprint density at radius 2 is 1.73 bits per heavy atom. The Balaban J connectivity index is 2.24. The number of esters is 1. The van der Waals surface area contributed by atoms with Crippen LogP contribution in [0.2, 0.25) is 0 Å². The molecular weight excluding hydrogens is 384 g/mol. The Morgan fingerprint density at radius 3 is 2.33 bits per heavy atom. The topological polar surface area (TPSA) is 77.4 Å². The van der Waals surface area contributed by atoms with E-state index in [1.807, 2.05) is 43.3 Å².